The number of hydrogen-bond acceptors (Lipinski definition) is 8. The average Bonchev–Trinajstić information content (AvgIpc) is 2.69. The maximum Gasteiger partial charge on any atom is 0.407 e. The van der Waals surface area contributed by atoms with Crippen LogP contribution in [-0.2, 0) is 9.47 Å². The number of rotatable bonds is 8. The molecule has 0 saturated heterocycles. The minimum atomic E-state index is -0.707. The summed E-state index contributed by atoms with van der Waals surface area (Å²) in [6.07, 6.45) is 2.80. The predicted octanol–water partition coefficient (Wildman–Crippen LogP) is 3.91. The van der Waals surface area contributed by atoms with Crippen LogP contribution in [0.25, 0.3) is 0 Å². The molecule has 2 N–H and O–H groups in total. The van der Waals surface area contributed by atoms with E-state index >= 15 is 0 Å². The number of amides is 1. The van der Waals surface area contributed by atoms with Crippen molar-refractivity contribution >= 4 is 23.4 Å². The molecule has 0 aliphatic carbocycles. The van der Waals surface area contributed by atoms with E-state index in [0.29, 0.717) is 0 Å². The summed E-state index contributed by atoms with van der Waals surface area (Å²) in [6.45, 7) is 9.75. The summed E-state index contributed by atoms with van der Waals surface area (Å²) in [7, 11) is 2.52. The first kappa shape index (κ1) is 26.7. The summed E-state index contributed by atoms with van der Waals surface area (Å²) < 4.78 is 14.8. The lowest BCUT2D eigenvalue weighted by Crippen LogP contribution is -2.32. The Balaban J connectivity index is 0.00000407. The van der Waals surface area contributed by atoms with E-state index in [4.69, 9.17) is 9.47 Å². The minimum absolute atomic E-state index is 0.00806. The van der Waals surface area contributed by atoms with Crippen LogP contribution in [0.15, 0.2) is 24.3 Å². The number of nitrogens with one attached hydrogen (secondary N) is 2. The van der Waals surface area contributed by atoms with Gasteiger partial charge in [-0.25, -0.2) is 9.59 Å². The lowest BCUT2D eigenvalue weighted by atomic mass is 10.1. The van der Waals surface area contributed by atoms with E-state index in [0.717, 1.165) is 6.07 Å². The van der Waals surface area contributed by atoms with Crippen molar-refractivity contribution in [3.8, 4) is 5.75 Å². The van der Waals surface area contributed by atoms with Gasteiger partial charge in [-0.3, -0.25) is 10.1 Å². The fourth-order valence-corrected chi connectivity index (χ4v) is 2.10. The van der Waals surface area contributed by atoms with Gasteiger partial charge >= 0.3 is 12.1 Å². The van der Waals surface area contributed by atoms with Crippen LogP contribution in [0.3, 0.4) is 0 Å². The van der Waals surface area contributed by atoms with E-state index < -0.39 is 22.6 Å². The quantitative estimate of drug-likeness (QED) is 0.278. The van der Waals surface area contributed by atoms with Crippen molar-refractivity contribution in [1.82, 2.24) is 5.32 Å². The highest BCUT2D eigenvalue weighted by Crippen LogP contribution is 2.36. The normalized spacial score (nSPS) is 10.5. The molecule has 0 aliphatic rings. The zero-order valence-corrected chi connectivity index (χ0v) is 18.5. The van der Waals surface area contributed by atoms with E-state index in [1.54, 1.807) is 32.9 Å². The third-order valence-electron chi connectivity index (χ3n) is 3.25. The number of benzene rings is 1. The molecule has 1 aromatic rings. The van der Waals surface area contributed by atoms with Crippen LogP contribution in [0.2, 0.25) is 0 Å². The molecule has 168 valence electrons. The molecule has 1 rings (SSSR count). The van der Waals surface area contributed by atoms with Crippen molar-refractivity contribution in [1.29, 1.82) is 0 Å². The molecular formula is C20H31N3O7. The molecule has 0 heterocycles. The number of hydrogen-bond donors (Lipinski definition) is 2. The molecule has 0 unspecified atom stereocenters. The fraction of sp³-hybridized carbons (Fsp3) is 0.500. The molecule has 1 amide bonds. The van der Waals surface area contributed by atoms with Crippen molar-refractivity contribution in [2.45, 2.75) is 40.2 Å². The maximum atomic E-state index is 11.7. The Morgan fingerprint density at radius 2 is 1.73 bits per heavy atom. The first-order valence-electron chi connectivity index (χ1n) is 9.39. The number of alkyl carbamates (subject to hydrolysis) is 1. The van der Waals surface area contributed by atoms with Crippen molar-refractivity contribution in [2.75, 3.05) is 32.6 Å². The smallest absolute Gasteiger partial charge is 0.407 e. The number of ether oxygens (including phenoxy) is 3. The molecule has 0 atom stereocenters. The van der Waals surface area contributed by atoms with Gasteiger partial charge in [-0.2, -0.15) is 0 Å². The lowest BCUT2D eigenvalue weighted by Gasteiger charge is -2.19. The zero-order valence-electron chi connectivity index (χ0n) is 18.5. The molecule has 1 aromatic carbocycles. The molecule has 0 aliphatic heterocycles. The second-order valence-corrected chi connectivity index (χ2v) is 6.56. The van der Waals surface area contributed by atoms with Crippen molar-refractivity contribution in [3.05, 3.63) is 40.0 Å². The monoisotopic (exact) mass is 425 g/mol. The molecular weight excluding hydrogens is 394 g/mol. The highest BCUT2D eigenvalue weighted by molar-refractivity contribution is 5.93. The number of nitro benzene ring substituents is 1. The van der Waals surface area contributed by atoms with Crippen molar-refractivity contribution in [3.63, 3.8) is 0 Å². The van der Waals surface area contributed by atoms with E-state index in [2.05, 4.69) is 15.4 Å². The Hall–Kier alpha value is -3.30. The Bertz CT molecular complexity index is 756. The van der Waals surface area contributed by atoms with Crippen LogP contribution >= 0.6 is 0 Å². The minimum Gasteiger partial charge on any atom is -0.494 e. The first-order valence-corrected chi connectivity index (χ1v) is 9.39. The summed E-state index contributed by atoms with van der Waals surface area (Å²) in [6, 6.07) is 2.47. The van der Waals surface area contributed by atoms with Crippen LogP contribution in [0.5, 0.6) is 5.75 Å². The molecule has 10 nitrogen and oxygen atoms in total. The van der Waals surface area contributed by atoms with Gasteiger partial charge in [-0.15, -0.1) is 0 Å². The van der Waals surface area contributed by atoms with Gasteiger partial charge in [-0.05, 0) is 26.8 Å². The summed E-state index contributed by atoms with van der Waals surface area (Å²) in [4.78, 5) is 33.9. The second kappa shape index (κ2) is 13.0. The summed E-state index contributed by atoms with van der Waals surface area (Å²) in [5, 5.41) is 16.8. The Labute approximate surface area is 176 Å². The fourth-order valence-electron chi connectivity index (χ4n) is 2.10. The third kappa shape index (κ3) is 9.26. The number of carbonyl (C=O) groups excluding carboxylic acids is 2. The van der Waals surface area contributed by atoms with Crippen molar-refractivity contribution in [2.24, 2.45) is 0 Å². The van der Waals surface area contributed by atoms with Gasteiger partial charge in [0.2, 0.25) is 0 Å². The van der Waals surface area contributed by atoms with Gasteiger partial charge in [0.25, 0.3) is 5.69 Å². The number of esters is 1. The van der Waals surface area contributed by atoms with Crippen molar-refractivity contribution < 1.29 is 28.7 Å². The molecule has 0 aromatic heterocycles. The van der Waals surface area contributed by atoms with E-state index in [1.807, 2.05) is 13.8 Å². The van der Waals surface area contributed by atoms with E-state index in [1.165, 1.54) is 20.3 Å². The molecule has 0 spiro atoms. The maximum absolute atomic E-state index is 11.7. The second-order valence-electron chi connectivity index (χ2n) is 6.56. The van der Waals surface area contributed by atoms with E-state index in [-0.39, 0.29) is 35.8 Å². The molecule has 0 bridgehead atoms. The number of nitro groups is 1. The number of methoxy groups -OCH3 is 2. The Morgan fingerprint density at radius 3 is 2.23 bits per heavy atom. The van der Waals surface area contributed by atoms with Gasteiger partial charge in [-0.1, -0.05) is 26.0 Å². The zero-order chi connectivity index (χ0) is 23.3. The molecule has 0 radical (unpaired) electrons. The van der Waals surface area contributed by atoms with Crippen LogP contribution < -0.4 is 15.4 Å². The molecule has 30 heavy (non-hydrogen) atoms. The lowest BCUT2D eigenvalue weighted by molar-refractivity contribution is -0.384. The van der Waals surface area contributed by atoms with Crippen LogP contribution in [0, 0.1) is 10.1 Å². The summed E-state index contributed by atoms with van der Waals surface area (Å²) in [5.74, 6) is -0.573. The van der Waals surface area contributed by atoms with Gasteiger partial charge < -0.3 is 24.8 Å². The van der Waals surface area contributed by atoms with Crippen LogP contribution in [0.4, 0.5) is 16.2 Å². The SMILES string of the molecule is CC.COC(=O)c1cc(OC)c(NC/C=C/CNC(=O)OC(C)(C)C)c([N+](=O)[O-])c1. The molecule has 10 heteroatoms. The third-order valence-corrected chi connectivity index (χ3v) is 3.25. The predicted molar refractivity (Wildman–Crippen MR) is 114 cm³/mol. The summed E-state index contributed by atoms with van der Waals surface area (Å²) >= 11 is 0. The first-order chi connectivity index (χ1) is 14.1. The highest BCUT2D eigenvalue weighted by Gasteiger charge is 2.23. The van der Waals surface area contributed by atoms with Gasteiger partial charge in [0.1, 0.15) is 11.4 Å². The Morgan fingerprint density at radius 1 is 1.13 bits per heavy atom. The van der Waals surface area contributed by atoms with Gasteiger partial charge in [0, 0.05) is 19.2 Å². The highest BCUT2D eigenvalue weighted by atomic mass is 16.6. The number of nitrogens with zero attached hydrogens (tertiary/aromatic N) is 1. The Kier molecular flexibility index (Phi) is 11.6. The molecule has 0 fully saturated rings. The van der Waals surface area contributed by atoms with Gasteiger partial charge in [0.15, 0.2) is 5.69 Å². The number of anilines is 1. The standard InChI is InChI=1S/C18H25N3O7.C2H6/c1-18(2,3)28-17(23)20-9-7-6-8-19-15-13(21(24)25)10-12(16(22)27-5)11-14(15)26-4;1-2/h6-7,10-11,19H,8-9H2,1-5H3,(H,20,23);1-2H3/b7-6+;. The van der Waals surface area contributed by atoms with Crippen LogP contribution in [0.1, 0.15) is 45.0 Å². The van der Waals surface area contributed by atoms with Crippen LogP contribution in [-0.4, -0.2) is 49.9 Å². The summed E-state index contributed by atoms with van der Waals surface area (Å²) in [5.41, 5.74) is -0.764. The molecule has 0 saturated carbocycles. The van der Waals surface area contributed by atoms with E-state index in [9.17, 15) is 19.7 Å². The number of carbonyl (C=O) groups is 2. The topological polar surface area (TPSA) is 129 Å². The largest absolute Gasteiger partial charge is 0.494 e. The van der Waals surface area contributed by atoms with Gasteiger partial charge in [0.05, 0.1) is 24.7 Å². The average molecular weight is 425 g/mol.